The zero-order valence-electron chi connectivity index (χ0n) is 22.3. The first-order valence-electron chi connectivity index (χ1n) is 12.8. The number of aromatic nitrogens is 3. The van der Waals surface area contributed by atoms with Gasteiger partial charge in [0.15, 0.2) is 0 Å². The van der Waals surface area contributed by atoms with Crippen molar-refractivity contribution in [2.24, 2.45) is 0 Å². The number of rotatable bonds is 9. The summed E-state index contributed by atoms with van der Waals surface area (Å²) in [6.07, 6.45) is 3.42. The van der Waals surface area contributed by atoms with Crippen molar-refractivity contribution in [2.75, 3.05) is 19.0 Å². The molecule has 208 valence electrons. The van der Waals surface area contributed by atoms with Crippen molar-refractivity contribution in [1.29, 1.82) is 0 Å². The molecule has 0 fully saturated rings. The first-order valence-corrected chi connectivity index (χ1v) is 12.8. The molecular formula is C30H27N5O6. The van der Waals surface area contributed by atoms with Crippen LogP contribution < -0.4 is 10.6 Å². The largest absolute Gasteiger partial charge is 0.480 e. The number of hydrogen-bond donors (Lipinski definition) is 3. The van der Waals surface area contributed by atoms with Crippen LogP contribution in [0.5, 0.6) is 0 Å². The molecule has 0 spiro atoms. The number of carboxylic acid groups (broad SMARTS) is 1. The number of anilines is 1. The van der Waals surface area contributed by atoms with Crippen molar-refractivity contribution in [3.05, 3.63) is 90.3 Å². The molecule has 3 heterocycles. The molecule has 1 amide bonds. The highest BCUT2D eigenvalue weighted by Crippen LogP contribution is 2.35. The molecule has 3 N–H and O–H groups in total. The van der Waals surface area contributed by atoms with Crippen LogP contribution in [0.15, 0.2) is 79.1 Å². The second kappa shape index (κ2) is 11.3. The van der Waals surface area contributed by atoms with Crippen molar-refractivity contribution < 1.29 is 29.0 Å². The number of benzene rings is 2. The molecule has 5 aromatic rings. The van der Waals surface area contributed by atoms with Crippen molar-refractivity contribution in [2.45, 2.75) is 19.4 Å². The highest BCUT2D eigenvalue weighted by molar-refractivity contribution is 6.03. The molecule has 1 unspecified atom stereocenters. The van der Waals surface area contributed by atoms with Gasteiger partial charge in [-0.2, -0.15) is 0 Å². The van der Waals surface area contributed by atoms with Gasteiger partial charge in [-0.25, -0.2) is 9.78 Å². The molecule has 0 bridgehead atoms. The van der Waals surface area contributed by atoms with Crippen LogP contribution in [-0.2, 0) is 20.7 Å². The normalized spacial score (nSPS) is 11.8. The number of nitrogens with zero attached hydrogens (tertiary/aromatic N) is 3. The highest BCUT2D eigenvalue weighted by atomic mass is 16.5. The number of amides is 1. The molecule has 11 heteroatoms. The lowest BCUT2D eigenvalue weighted by Gasteiger charge is -2.15. The third-order valence-corrected chi connectivity index (χ3v) is 6.71. The standard InChI is InChI=1S/C30H27N5O6/c1-18(36)35-17-22(21-10-6-7-11-24(21)35)27-28(31-16-26(37)41-2)34-13-12-20(15-25(34)33-27)29(38)32-23(30(39)40)14-19-8-4-3-5-9-19/h3-13,15,17,23,31H,14,16H2,1-2H3,(H,32,38)(H,39,40). The first-order chi connectivity index (χ1) is 19.8. The summed E-state index contributed by atoms with van der Waals surface area (Å²) in [6.45, 7) is 1.31. The Kier molecular flexibility index (Phi) is 7.51. The average molecular weight is 554 g/mol. The lowest BCUT2D eigenvalue weighted by atomic mass is 10.1. The predicted molar refractivity (Wildman–Crippen MR) is 152 cm³/mol. The second-order valence-corrected chi connectivity index (χ2v) is 9.39. The van der Waals surface area contributed by atoms with Crippen LogP contribution in [0.2, 0.25) is 0 Å². The van der Waals surface area contributed by atoms with E-state index < -0.39 is 23.9 Å². The molecule has 1 atom stereocenters. The SMILES string of the molecule is COC(=O)CNc1c(-c2cn(C(C)=O)c3ccccc23)nc2cc(C(=O)NC(Cc3ccccc3)C(=O)O)ccn12. The summed E-state index contributed by atoms with van der Waals surface area (Å²) in [7, 11) is 1.28. The summed E-state index contributed by atoms with van der Waals surface area (Å²) in [6, 6.07) is 18.4. The number of hydrogen-bond acceptors (Lipinski definition) is 7. The van der Waals surface area contributed by atoms with E-state index in [1.54, 1.807) is 41.1 Å². The molecule has 11 nitrogen and oxygen atoms in total. The summed E-state index contributed by atoms with van der Waals surface area (Å²) in [5.74, 6) is -1.94. The molecule has 0 aliphatic rings. The number of esters is 1. The molecule has 3 aromatic heterocycles. The van der Waals surface area contributed by atoms with Crippen LogP contribution in [-0.4, -0.2) is 62.5 Å². The minimum Gasteiger partial charge on any atom is -0.480 e. The zero-order valence-corrected chi connectivity index (χ0v) is 22.3. The van der Waals surface area contributed by atoms with E-state index in [-0.39, 0.29) is 24.4 Å². The lowest BCUT2D eigenvalue weighted by molar-refractivity contribution is -0.139. The smallest absolute Gasteiger partial charge is 0.326 e. The summed E-state index contributed by atoms with van der Waals surface area (Å²) < 4.78 is 7.98. The van der Waals surface area contributed by atoms with Crippen LogP contribution in [0, 0.1) is 0 Å². The molecule has 5 rings (SSSR count). The van der Waals surface area contributed by atoms with Gasteiger partial charge < -0.3 is 20.5 Å². The quantitative estimate of drug-likeness (QED) is 0.235. The van der Waals surface area contributed by atoms with Crippen LogP contribution in [0.1, 0.15) is 27.6 Å². The fraction of sp³-hybridized carbons (Fsp3) is 0.167. The number of carbonyl (C=O) groups excluding carboxylic acids is 3. The van der Waals surface area contributed by atoms with E-state index in [0.717, 1.165) is 10.9 Å². The summed E-state index contributed by atoms with van der Waals surface area (Å²) >= 11 is 0. The van der Waals surface area contributed by atoms with Crippen molar-refractivity contribution in [1.82, 2.24) is 19.3 Å². The van der Waals surface area contributed by atoms with Crippen LogP contribution >= 0.6 is 0 Å². The maximum Gasteiger partial charge on any atom is 0.326 e. The van der Waals surface area contributed by atoms with E-state index in [1.807, 2.05) is 30.3 Å². The van der Waals surface area contributed by atoms with E-state index in [4.69, 9.17) is 9.72 Å². The fourth-order valence-electron chi connectivity index (χ4n) is 4.69. The molecule has 0 aliphatic carbocycles. The summed E-state index contributed by atoms with van der Waals surface area (Å²) in [5, 5.41) is 16.1. The molecule has 2 aromatic carbocycles. The number of methoxy groups -OCH3 is 1. The minimum atomic E-state index is -1.15. The maximum atomic E-state index is 13.1. The van der Waals surface area contributed by atoms with E-state index in [2.05, 4.69) is 10.6 Å². The van der Waals surface area contributed by atoms with E-state index >= 15 is 0 Å². The number of carbonyl (C=O) groups is 4. The van der Waals surface area contributed by atoms with E-state index in [9.17, 15) is 24.3 Å². The third-order valence-electron chi connectivity index (χ3n) is 6.71. The number of imidazole rings is 1. The number of aliphatic carboxylic acids is 1. The Balaban J connectivity index is 1.55. The summed E-state index contributed by atoms with van der Waals surface area (Å²) in [4.78, 5) is 54.1. The second-order valence-electron chi connectivity index (χ2n) is 9.39. The lowest BCUT2D eigenvalue weighted by Crippen LogP contribution is -2.42. The van der Waals surface area contributed by atoms with Gasteiger partial charge in [0.25, 0.3) is 5.91 Å². The minimum absolute atomic E-state index is 0.124. The molecule has 0 radical (unpaired) electrons. The van der Waals surface area contributed by atoms with E-state index in [0.29, 0.717) is 28.2 Å². The van der Waals surface area contributed by atoms with Crippen molar-refractivity contribution >= 4 is 46.1 Å². The van der Waals surface area contributed by atoms with Crippen LogP contribution in [0.25, 0.3) is 27.8 Å². The van der Waals surface area contributed by atoms with Gasteiger partial charge >= 0.3 is 11.9 Å². The van der Waals surface area contributed by atoms with Gasteiger partial charge in [0.1, 0.15) is 29.7 Å². The van der Waals surface area contributed by atoms with Gasteiger partial charge in [0.2, 0.25) is 5.91 Å². The maximum absolute atomic E-state index is 13.1. The Morgan fingerprint density at radius 1 is 1.02 bits per heavy atom. The fourth-order valence-corrected chi connectivity index (χ4v) is 4.69. The molecule has 41 heavy (non-hydrogen) atoms. The number of fused-ring (bicyclic) bond motifs is 2. The molecule has 0 saturated heterocycles. The number of ether oxygens (including phenoxy) is 1. The Labute approximate surface area is 234 Å². The van der Waals surface area contributed by atoms with Crippen LogP contribution in [0.4, 0.5) is 5.82 Å². The predicted octanol–water partition coefficient (Wildman–Crippen LogP) is 3.63. The molecule has 0 saturated carbocycles. The van der Waals surface area contributed by atoms with Gasteiger partial charge in [-0.15, -0.1) is 0 Å². The monoisotopic (exact) mass is 553 g/mol. The average Bonchev–Trinajstić information content (AvgIpc) is 3.54. The first kappa shape index (κ1) is 27.1. The van der Waals surface area contributed by atoms with Crippen LogP contribution in [0.3, 0.4) is 0 Å². The third kappa shape index (κ3) is 5.50. The Bertz CT molecular complexity index is 1790. The highest BCUT2D eigenvalue weighted by Gasteiger charge is 2.24. The Hall–Kier alpha value is -5.45. The topological polar surface area (TPSA) is 144 Å². The van der Waals surface area contributed by atoms with Gasteiger partial charge in [-0.05, 0) is 23.8 Å². The summed E-state index contributed by atoms with van der Waals surface area (Å²) in [5.41, 5.74) is 3.15. The number of pyridine rings is 1. The number of nitrogens with one attached hydrogen (secondary N) is 2. The van der Waals surface area contributed by atoms with Crippen molar-refractivity contribution in [3.63, 3.8) is 0 Å². The Morgan fingerprint density at radius 2 is 1.76 bits per heavy atom. The number of carboxylic acids is 1. The van der Waals surface area contributed by atoms with Crippen molar-refractivity contribution in [3.8, 4) is 11.3 Å². The van der Waals surface area contributed by atoms with Gasteiger partial charge in [-0.3, -0.25) is 23.4 Å². The zero-order chi connectivity index (χ0) is 29.1. The molecular weight excluding hydrogens is 526 g/mol. The van der Waals surface area contributed by atoms with Gasteiger partial charge in [0.05, 0.1) is 12.6 Å². The molecule has 0 aliphatic heterocycles. The Morgan fingerprint density at radius 3 is 2.46 bits per heavy atom. The van der Waals surface area contributed by atoms with Gasteiger partial charge in [0, 0.05) is 42.3 Å². The van der Waals surface area contributed by atoms with Gasteiger partial charge in [-0.1, -0.05) is 48.5 Å². The number of para-hydroxylation sites is 1. The van der Waals surface area contributed by atoms with E-state index in [1.165, 1.54) is 30.7 Å².